The van der Waals surface area contributed by atoms with Crippen molar-refractivity contribution in [3.05, 3.63) is 12.2 Å². The SMILES string of the molecule is CC/C=C\C[C@@H](N)[C@H](C)[C@@H]1CC=NC1CC. The number of hydrogen-bond acceptors (Lipinski definition) is 2. The fourth-order valence-electron chi connectivity index (χ4n) is 2.51. The van der Waals surface area contributed by atoms with E-state index in [9.17, 15) is 0 Å². The minimum Gasteiger partial charge on any atom is -0.327 e. The molecule has 4 atom stereocenters. The molecule has 1 aliphatic rings. The maximum absolute atomic E-state index is 6.25. The lowest BCUT2D eigenvalue weighted by Crippen LogP contribution is -2.36. The van der Waals surface area contributed by atoms with Crippen LogP contribution in [-0.2, 0) is 0 Å². The first-order valence-corrected chi connectivity index (χ1v) is 6.62. The predicted octanol–water partition coefficient (Wildman–Crippen LogP) is 3.18. The average Bonchev–Trinajstić information content (AvgIpc) is 2.76. The molecule has 2 nitrogen and oxygen atoms in total. The summed E-state index contributed by atoms with van der Waals surface area (Å²) in [5, 5.41) is 0. The molecule has 0 saturated carbocycles. The number of nitrogens with two attached hydrogens (primary N) is 1. The van der Waals surface area contributed by atoms with Crippen LogP contribution in [0, 0.1) is 11.8 Å². The number of hydrogen-bond donors (Lipinski definition) is 1. The minimum atomic E-state index is 0.281. The summed E-state index contributed by atoms with van der Waals surface area (Å²) in [5.74, 6) is 1.23. The standard InChI is InChI=1S/C14H26N2/c1-4-6-7-8-13(15)11(3)12-9-10-16-14(12)5-2/h6-7,10-14H,4-5,8-9,15H2,1-3H3/b7-6-/t11-,12+,13-,14?/m1/s1. The smallest absolute Gasteiger partial charge is 0.0527 e. The Morgan fingerprint density at radius 1 is 1.44 bits per heavy atom. The van der Waals surface area contributed by atoms with Gasteiger partial charge in [0.2, 0.25) is 0 Å². The molecule has 1 rings (SSSR count). The second-order valence-corrected chi connectivity index (χ2v) is 4.85. The molecule has 0 saturated heterocycles. The van der Waals surface area contributed by atoms with Crippen LogP contribution in [0.25, 0.3) is 0 Å². The Morgan fingerprint density at radius 2 is 2.19 bits per heavy atom. The molecular weight excluding hydrogens is 196 g/mol. The summed E-state index contributed by atoms with van der Waals surface area (Å²) in [6.45, 7) is 6.66. The summed E-state index contributed by atoms with van der Waals surface area (Å²) in [4.78, 5) is 4.54. The zero-order valence-corrected chi connectivity index (χ0v) is 10.9. The molecule has 1 unspecified atom stereocenters. The van der Waals surface area contributed by atoms with E-state index in [1.54, 1.807) is 0 Å². The van der Waals surface area contributed by atoms with Crippen molar-refractivity contribution in [2.24, 2.45) is 22.6 Å². The van der Waals surface area contributed by atoms with Crippen molar-refractivity contribution in [2.75, 3.05) is 0 Å². The highest BCUT2D eigenvalue weighted by molar-refractivity contribution is 5.60. The van der Waals surface area contributed by atoms with Crippen molar-refractivity contribution in [3.8, 4) is 0 Å². The van der Waals surface area contributed by atoms with Gasteiger partial charge in [0, 0.05) is 6.04 Å². The first kappa shape index (κ1) is 13.4. The summed E-state index contributed by atoms with van der Waals surface area (Å²) in [7, 11) is 0. The molecule has 0 aromatic rings. The molecule has 2 heteroatoms. The normalized spacial score (nSPS) is 28.8. The fraction of sp³-hybridized carbons (Fsp3) is 0.786. The van der Waals surface area contributed by atoms with Crippen LogP contribution in [0.4, 0.5) is 0 Å². The summed E-state index contributed by atoms with van der Waals surface area (Å²) >= 11 is 0. The Balaban J connectivity index is 2.43. The average molecular weight is 222 g/mol. The van der Waals surface area contributed by atoms with Crippen molar-refractivity contribution < 1.29 is 0 Å². The van der Waals surface area contributed by atoms with Crippen LogP contribution < -0.4 is 5.73 Å². The number of rotatable bonds is 6. The largest absolute Gasteiger partial charge is 0.327 e. The molecule has 0 aromatic carbocycles. The van der Waals surface area contributed by atoms with Crippen molar-refractivity contribution in [1.82, 2.24) is 0 Å². The molecule has 0 fully saturated rings. The Kier molecular flexibility index (Phi) is 5.75. The van der Waals surface area contributed by atoms with E-state index < -0.39 is 0 Å². The first-order chi connectivity index (χ1) is 7.70. The maximum atomic E-state index is 6.25. The van der Waals surface area contributed by atoms with Gasteiger partial charge in [0.15, 0.2) is 0 Å². The zero-order chi connectivity index (χ0) is 12.0. The Bertz CT molecular complexity index is 245. The van der Waals surface area contributed by atoms with E-state index >= 15 is 0 Å². The summed E-state index contributed by atoms with van der Waals surface area (Å²) in [6.07, 6.45) is 10.9. The van der Waals surface area contributed by atoms with Gasteiger partial charge in [0.1, 0.15) is 0 Å². The topological polar surface area (TPSA) is 38.4 Å². The van der Waals surface area contributed by atoms with E-state index in [0.717, 1.165) is 25.7 Å². The summed E-state index contributed by atoms with van der Waals surface area (Å²) in [6, 6.07) is 0.791. The third-order valence-electron chi connectivity index (χ3n) is 3.75. The molecular formula is C14H26N2. The minimum absolute atomic E-state index is 0.281. The van der Waals surface area contributed by atoms with E-state index in [1.165, 1.54) is 0 Å². The van der Waals surface area contributed by atoms with Crippen LogP contribution in [0.5, 0.6) is 0 Å². The van der Waals surface area contributed by atoms with Crippen molar-refractivity contribution in [2.45, 2.75) is 58.5 Å². The molecule has 0 aliphatic carbocycles. The van der Waals surface area contributed by atoms with E-state index in [4.69, 9.17) is 5.73 Å². The van der Waals surface area contributed by atoms with Crippen LogP contribution >= 0.6 is 0 Å². The third kappa shape index (κ3) is 3.44. The Labute approximate surface area is 100 Å². The lowest BCUT2D eigenvalue weighted by Gasteiger charge is -2.28. The number of aliphatic imine (C=N–C) groups is 1. The van der Waals surface area contributed by atoms with Gasteiger partial charge in [-0.25, -0.2) is 0 Å². The van der Waals surface area contributed by atoms with Gasteiger partial charge in [-0.2, -0.15) is 0 Å². The molecule has 0 bridgehead atoms. The van der Waals surface area contributed by atoms with Gasteiger partial charge >= 0.3 is 0 Å². The van der Waals surface area contributed by atoms with E-state index in [2.05, 4.69) is 44.1 Å². The van der Waals surface area contributed by atoms with Crippen molar-refractivity contribution in [1.29, 1.82) is 0 Å². The second-order valence-electron chi connectivity index (χ2n) is 4.85. The highest BCUT2D eigenvalue weighted by Crippen LogP contribution is 2.30. The molecule has 92 valence electrons. The van der Waals surface area contributed by atoms with Gasteiger partial charge in [0.05, 0.1) is 6.04 Å². The van der Waals surface area contributed by atoms with Crippen molar-refractivity contribution in [3.63, 3.8) is 0 Å². The molecule has 1 heterocycles. The molecule has 0 aromatic heterocycles. The highest BCUT2D eigenvalue weighted by Gasteiger charge is 2.30. The Morgan fingerprint density at radius 3 is 2.81 bits per heavy atom. The van der Waals surface area contributed by atoms with Crippen LogP contribution in [0.3, 0.4) is 0 Å². The Hall–Kier alpha value is -0.630. The van der Waals surface area contributed by atoms with Gasteiger partial charge in [-0.3, -0.25) is 4.99 Å². The monoisotopic (exact) mass is 222 g/mol. The molecule has 0 spiro atoms. The second kappa shape index (κ2) is 6.85. The van der Waals surface area contributed by atoms with Gasteiger partial charge < -0.3 is 5.73 Å². The van der Waals surface area contributed by atoms with Crippen LogP contribution in [0.15, 0.2) is 17.1 Å². The lowest BCUT2D eigenvalue weighted by atomic mass is 9.80. The van der Waals surface area contributed by atoms with Crippen LogP contribution in [0.2, 0.25) is 0 Å². The molecule has 16 heavy (non-hydrogen) atoms. The molecule has 0 amide bonds. The fourth-order valence-corrected chi connectivity index (χ4v) is 2.51. The third-order valence-corrected chi connectivity index (χ3v) is 3.75. The quantitative estimate of drug-likeness (QED) is 0.689. The number of allylic oxidation sites excluding steroid dienone is 1. The van der Waals surface area contributed by atoms with Crippen LogP contribution in [0.1, 0.15) is 46.5 Å². The molecule has 1 aliphatic heterocycles. The lowest BCUT2D eigenvalue weighted by molar-refractivity contribution is 0.278. The highest BCUT2D eigenvalue weighted by atomic mass is 14.8. The summed E-state index contributed by atoms with van der Waals surface area (Å²) in [5.41, 5.74) is 6.25. The first-order valence-electron chi connectivity index (χ1n) is 6.62. The maximum Gasteiger partial charge on any atom is 0.0527 e. The zero-order valence-electron chi connectivity index (χ0n) is 10.9. The number of nitrogens with zero attached hydrogens (tertiary/aromatic N) is 1. The van der Waals surface area contributed by atoms with Gasteiger partial charge in [-0.05, 0) is 43.7 Å². The van der Waals surface area contributed by atoms with E-state index in [1.807, 2.05) is 0 Å². The predicted molar refractivity (Wildman–Crippen MR) is 71.9 cm³/mol. The van der Waals surface area contributed by atoms with E-state index in [0.29, 0.717) is 17.9 Å². The van der Waals surface area contributed by atoms with E-state index in [-0.39, 0.29) is 6.04 Å². The van der Waals surface area contributed by atoms with Gasteiger partial charge in [0.25, 0.3) is 0 Å². The van der Waals surface area contributed by atoms with Crippen LogP contribution in [-0.4, -0.2) is 18.3 Å². The van der Waals surface area contributed by atoms with Gasteiger partial charge in [-0.15, -0.1) is 0 Å². The van der Waals surface area contributed by atoms with Crippen molar-refractivity contribution >= 4 is 6.21 Å². The molecule has 2 N–H and O–H groups in total. The molecule has 0 radical (unpaired) electrons. The summed E-state index contributed by atoms with van der Waals surface area (Å²) < 4.78 is 0. The van der Waals surface area contributed by atoms with Gasteiger partial charge in [-0.1, -0.05) is 32.9 Å².